The molecule has 2 aromatic rings. The number of carbonyl (C=O) groups is 1. The van der Waals surface area contributed by atoms with Crippen LogP contribution in [-0.2, 0) is 0 Å². The molecule has 54 valence electrons. The van der Waals surface area contributed by atoms with E-state index in [1.165, 1.54) is 6.20 Å². The van der Waals surface area contributed by atoms with Crippen LogP contribution in [0.25, 0.3) is 5.65 Å². The van der Waals surface area contributed by atoms with Crippen molar-refractivity contribution in [3.63, 3.8) is 0 Å². The number of hydrogen-bond acceptors (Lipinski definition) is 3. The topological polar surface area (TPSA) is 47.3 Å². The van der Waals surface area contributed by atoms with E-state index in [1.54, 1.807) is 23.0 Å². The van der Waals surface area contributed by atoms with Gasteiger partial charge in [0, 0.05) is 12.4 Å². The summed E-state index contributed by atoms with van der Waals surface area (Å²) in [5, 5.41) is 3.91. The average molecular weight is 147 g/mol. The number of aromatic nitrogens is 3. The van der Waals surface area contributed by atoms with Crippen molar-refractivity contribution >= 4 is 11.9 Å². The molecule has 0 bridgehead atoms. The van der Waals surface area contributed by atoms with Gasteiger partial charge in [-0.05, 0) is 6.07 Å². The Kier molecular flexibility index (Phi) is 1.18. The van der Waals surface area contributed by atoms with Crippen molar-refractivity contribution in [3.8, 4) is 0 Å². The zero-order valence-electron chi connectivity index (χ0n) is 5.64. The highest BCUT2D eigenvalue weighted by Gasteiger charge is 2.00. The Hall–Kier alpha value is -1.71. The van der Waals surface area contributed by atoms with Crippen molar-refractivity contribution in [2.24, 2.45) is 0 Å². The fraction of sp³-hybridized carbons (Fsp3) is 0. The van der Waals surface area contributed by atoms with Gasteiger partial charge in [-0.2, -0.15) is 5.10 Å². The van der Waals surface area contributed by atoms with Crippen LogP contribution >= 0.6 is 0 Å². The smallest absolute Gasteiger partial charge is 0.165 e. The van der Waals surface area contributed by atoms with Gasteiger partial charge in [-0.15, -0.1) is 0 Å². The molecule has 0 saturated carbocycles. The minimum absolute atomic E-state index is 0.519. The summed E-state index contributed by atoms with van der Waals surface area (Å²) in [6.45, 7) is 0. The lowest BCUT2D eigenvalue weighted by atomic mass is 10.4. The summed E-state index contributed by atoms with van der Waals surface area (Å²) in [7, 11) is 0. The lowest BCUT2D eigenvalue weighted by Gasteiger charge is -1.88. The molecule has 11 heavy (non-hydrogen) atoms. The van der Waals surface area contributed by atoms with E-state index in [4.69, 9.17) is 0 Å². The molecule has 0 saturated heterocycles. The molecule has 0 radical (unpaired) electrons. The second-order valence-corrected chi connectivity index (χ2v) is 2.11. The van der Waals surface area contributed by atoms with E-state index in [0.29, 0.717) is 11.2 Å². The molecule has 0 aliphatic rings. The number of hydrogen-bond donors (Lipinski definition) is 0. The molecule has 2 heterocycles. The molecule has 4 heteroatoms. The number of nitrogens with zero attached hydrogens (tertiary/aromatic N) is 3. The van der Waals surface area contributed by atoms with Crippen LogP contribution in [-0.4, -0.2) is 20.9 Å². The number of rotatable bonds is 1. The van der Waals surface area contributed by atoms with E-state index in [-0.39, 0.29) is 0 Å². The first-order valence-electron chi connectivity index (χ1n) is 3.15. The monoisotopic (exact) mass is 147 g/mol. The lowest BCUT2D eigenvalue weighted by molar-refractivity contribution is 0.112. The minimum atomic E-state index is 0.519. The molecule has 2 aromatic heterocycles. The van der Waals surface area contributed by atoms with Crippen LogP contribution in [0.15, 0.2) is 24.7 Å². The van der Waals surface area contributed by atoms with Crippen molar-refractivity contribution in [2.75, 3.05) is 0 Å². The molecule has 0 aliphatic carbocycles. The summed E-state index contributed by atoms with van der Waals surface area (Å²) < 4.78 is 1.56. The molecule has 0 aliphatic heterocycles. The van der Waals surface area contributed by atoms with Crippen molar-refractivity contribution in [1.29, 1.82) is 0 Å². The zero-order valence-corrected chi connectivity index (χ0v) is 5.64. The van der Waals surface area contributed by atoms with Crippen LogP contribution in [0.1, 0.15) is 10.4 Å². The van der Waals surface area contributed by atoms with Crippen molar-refractivity contribution in [3.05, 3.63) is 30.2 Å². The summed E-state index contributed by atoms with van der Waals surface area (Å²) in [5.41, 5.74) is 1.12. The van der Waals surface area contributed by atoms with Gasteiger partial charge in [-0.3, -0.25) is 4.79 Å². The molecule has 0 aromatic carbocycles. The Balaban J connectivity index is 2.86. The van der Waals surface area contributed by atoms with Gasteiger partial charge in [0.15, 0.2) is 11.9 Å². The average Bonchev–Trinajstić information content (AvgIpc) is 2.47. The van der Waals surface area contributed by atoms with E-state index in [9.17, 15) is 4.79 Å². The highest BCUT2D eigenvalue weighted by Crippen LogP contribution is 2.02. The molecule has 0 spiro atoms. The molecule has 0 fully saturated rings. The molecule has 4 nitrogen and oxygen atoms in total. The van der Waals surface area contributed by atoms with E-state index in [2.05, 4.69) is 10.1 Å². The Bertz CT molecular complexity index is 393. The molecule has 0 amide bonds. The lowest BCUT2D eigenvalue weighted by Crippen LogP contribution is -1.88. The number of aldehydes is 1. The van der Waals surface area contributed by atoms with Gasteiger partial charge in [-0.25, -0.2) is 9.50 Å². The van der Waals surface area contributed by atoms with Gasteiger partial charge >= 0.3 is 0 Å². The second kappa shape index (κ2) is 2.16. The second-order valence-electron chi connectivity index (χ2n) is 2.11. The summed E-state index contributed by atoms with van der Waals surface area (Å²) in [5.74, 6) is 0. The van der Waals surface area contributed by atoms with Gasteiger partial charge in [0.05, 0.1) is 11.8 Å². The maximum Gasteiger partial charge on any atom is 0.165 e. The van der Waals surface area contributed by atoms with Crippen molar-refractivity contribution < 1.29 is 4.79 Å². The van der Waals surface area contributed by atoms with E-state index < -0.39 is 0 Å². The first-order chi connectivity index (χ1) is 5.42. The van der Waals surface area contributed by atoms with Crippen molar-refractivity contribution in [1.82, 2.24) is 14.6 Å². The van der Waals surface area contributed by atoms with E-state index in [0.717, 1.165) is 6.29 Å². The summed E-state index contributed by atoms with van der Waals surface area (Å²) in [6.07, 6.45) is 5.62. The fourth-order valence-electron chi connectivity index (χ4n) is 0.929. The third-order valence-corrected chi connectivity index (χ3v) is 1.43. The summed E-state index contributed by atoms with van der Waals surface area (Å²) >= 11 is 0. The van der Waals surface area contributed by atoms with Gasteiger partial charge in [0.1, 0.15) is 0 Å². The maximum absolute atomic E-state index is 10.4. The fourth-order valence-corrected chi connectivity index (χ4v) is 0.929. The highest BCUT2D eigenvalue weighted by atomic mass is 16.1. The summed E-state index contributed by atoms with van der Waals surface area (Å²) in [4.78, 5) is 14.4. The quantitative estimate of drug-likeness (QED) is 0.553. The third kappa shape index (κ3) is 0.797. The Morgan fingerprint density at radius 3 is 3.27 bits per heavy atom. The summed E-state index contributed by atoms with van der Waals surface area (Å²) in [6, 6.07) is 1.76. The molecule has 0 N–H and O–H groups in total. The van der Waals surface area contributed by atoms with Gasteiger partial charge < -0.3 is 0 Å². The van der Waals surface area contributed by atoms with E-state index in [1.807, 2.05) is 0 Å². The van der Waals surface area contributed by atoms with Gasteiger partial charge in [0.25, 0.3) is 0 Å². The van der Waals surface area contributed by atoms with Crippen LogP contribution in [0.2, 0.25) is 0 Å². The van der Waals surface area contributed by atoms with Crippen LogP contribution in [0.3, 0.4) is 0 Å². The van der Waals surface area contributed by atoms with Crippen molar-refractivity contribution in [2.45, 2.75) is 0 Å². The number of carbonyl (C=O) groups excluding carboxylic acids is 1. The van der Waals surface area contributed by atoms with E-state index >= 15 is 0 Å². The van der Waals surface area contributed by atoms with Crippen LogP contribution < -0.4 is 0 Å². The normalized spacial score (nSPS) is 10.2. The SMILES string of the molecule is O=Cc1cnn2cccnc12. The standard InChI is InChI=1S/C7H5N3O/c11-5-6-4-9-10-3-1-2-8-7(6)10/h1-5H. The predicted octanol–water partition coefficient (Wildman–Crippen LogP) is 0.542. The molecule has 2 rings (SSSR count). The Labute approximate surface area is 62.5 Å². The number of fused-ring (bicyclic) bond motifs is 1. The van der Waals surface area contributed by atoms with Crippen LogP contribution in [0.4, 0.5) is 0 Å². The largest absolute Gasteiger partial charge is 0.298 e. The Morgan fingerprint density at radius 2 is 2.45 bits per heavy atom. The zero-order chi connectivity index (χ0) is 7.68. The minimum Gasteiger partial charge on any atom is -0.298 e. The molecule has 0 unspecified atom stereocenters. The van der Waals surface area contributed by atoms with Gasteiger partial charge in [-0.1, -0.05) is 0 Å². The predicted molar refractivity (Wildman–Crippen MR) is 38.4 cm³/mol. The van der Waals surface area contributed by atoms with Gasteiger partial charge in [0.2, 0.25) is 0 Å². The highest BCUT2D eigenvalue weighted by molar-refractivity contribution is 5.83. The Morgan fingerprint density at radius 1 is 1.55 bits per heavy atom. The third-order valence-electron chi connectivity index (χ3n) is 1.43. The van der Waals surface area contributed by atoms with Crippen LogP contribution in [0, 0.1) is 0 Å². The molecular formula is C7H5N3O. The van der Waals surface area contributed by atoms with Crippen LogP contribution in [0.5, 0.6) is 0 Å². The first-order valence-corrected chi connectivity index (χ1v) is 3.15. The first kappa shape index (κ1) is 6.03. The molecular weight excluding hydrogens is 142 g/mol. The maximum atomic E-state index is 10.4. The molecule has 0 atom stereocenters.